The topological polar surface area (TPSA) is 34.6 Å². The molecule has 0 spiro atoms. The summed E-state index contributed by atoms with van der Waals surface area (Å²) >= 11 is 0. The van der Waals surface area contributed by atoms with Gasteiger partial charge in [-0.05, 0) is 39.0 Å². The summed E-state index contributed by atoms with van der Waals surface area (Å²) in [5, 5.41) is 1.17. The third-order valence-electron chi connectivity index (χ3n) is 3.88. The molecular formula is C17H22N2O2. The van der Waals surface area contributed by atoms with Crippen LogP contribution in [0.15, 0.2) is 24.3 Å². The predicted octanol–water partition coefficient (Wildman–Crippen LogP) is 3.17. The van der Waals surface area contributed by atoms with Gasteiger partial charge in [-0.25, -0.2) is 0 Å². The largest absolute Gasteiger partial charge is 0.497 e. The van der Waals surface area contributed by atoms with E-state index in [2.05, 4.69) is 35.9 Å². The molecule has 0 aliphatic carbocycles. The molecule has 1 aliphatic heterocycles. The zero-order chi connectivity index (χ0) is 15.0. The Morgan fingerprint density at radius 1 is 1.19 bits per heavy atom. The summed E-state index contributed by atoms with van der Waals surface area (Å²) in [5.74, 6) is 0.843. The Balaban J connectivity index is 2.08. The molecule has 0 bridgehead atoms. The third kappa shape index (κ3) is 2.81. The maximum atomic E-state index is 5.84. The molecule has 2 unspecified atom stereocenters. The number of hydrogen-bond acceptors (Lipinski definition) is 4. The van der Waals surface area contributed by atoms with Crippen LogP contribution in [-0.4, -0.2) is 37.4 Å². The molecule has 0 amide bonds. The van der Waals surface area contributed by atoms with Crippen molar-refractivity contribution in [1.29, 1.82) is 0 Å². The minimum absolute atomic E-state index is 0.246. The maximum absolute atomic E-state index is 5.84. The van der Waals surface area contributed by atoms with Crippen LogP contribution in [0.3, 0.4) is 0 Å². The highest BCUT2D eigenvalue weighted by Crippen LogP contribution is 2.31. The van der Waals surface area contributed by atoms with Gasteiger partial charge >= 0.3 is 0 Å². The maximum Gasteiger partial charge on any atom is 0.121 e. The van der Waals surface area contributed by atoms with Gasteiger partial charge in [-0.1, -0.05) is 0 Å². The normalized spacial score (nSPS) is 22.6. The zero-order valence-corrected chi connectivity index (χ0v) is 13.1. The first-order valence-corrected chi connectivity index (χ1v) is 7.42. The molecule has 2 heterocycles. The highest BCUT2D eigenvalue weighted by atomic mass is 16.5. The monoisotopic (exact) mass is 286 g/mol. The Morgan fingerprint density at radius 2 is 1.90 bits per heavy atom. The lowest BCUT2D eigenvalue weighted by atomic mass is 10.1. The molecule has 112 valence electrons. The van der Waals surface area contributed by atoms with Crippen LogP contribution in [-0.2, 0) is 4.74 Å². The Labute approximate surface area is 125 Å². The van der Waals surface area contributed by atoms with E-state index in [-0.39, 0.29) is 12.2 Å². The first kappa shape index (κ1) is 14.1. The van der Waals surface area contributed by atoms with Gasteiger partial charge in [0.15, 0.2) is 0 Å². The quantitative estimate of drug-likeness (QED) is 0.849. The van der Waals surface area contributed by atoms with Gasteiger partial charge in [0.05, 0.1) is 24.8 Å². The van der Waals surface area contributed by atoms with Crippen molar-refractivity contribution in [3.63, 3.8) is 0 Å². The van der Waals surface area contributed by atoms with Crippen LogP contribution < -0.4 is 9.64 Å². The highest BCUT2D eigenvalue weighted by molar-refractivity contribution is 5.93. The number of morpholine rings is 1. The molecule has 4 nitrogen and oxygen atoms in total. The van der Waals surface area contributed by atoms with Crippen LogP contribution in [0.4, 0.5) is 5.69 Å². The summed E-state index contributed by atoms with van der Waals surface area (Å²) in [5.41, 5.74) is 3.25. The lowest BCUT2D eigenvalue weighted by molar-refractivity contribution is -0.00513. The first-order valence-electron chi connectivity index (χ1n) is 7.42. The Kier molecular flexibility index (Phi) is 3.72. The number of rotatable bonds is 2. The smallest absolute Gasteiger partial charge is 0.121 e. The summed E-state index contributed by atoms with van der Waals surface area (Å²) in [7, 11) is 1.68. The van der Waals surface area contributed by atoms with E-state index in [1.807, 2.05) is 19.1 Å². The van der Waals surface area contributed by atoms with E-state index in [9.17, 15) is 0 Å². The number of aryl methyl sites for hydroxylation is 1. The van der Waals surface area contributed by atoms with Crippen molar-refractivity contribution in [3.8, 4) is 5.75 Å². The summed E-state index contributed by atoms with van der Waals surface area (Å²) in [6.07, 6.45) is 0.492. The molecule has 1 aromatic carbocycles. The molecule has 1 saturated heterocycles. The molecule has 1 aromatic heterocycles. The van der Waals surface area contributed by atoms with Gasteiger partial charge in [0.2, 0.25) is 0 Å². The van der Waals surface area contributed by atoms with E-state index in [0.717, 1.165) is 30.0 Å². The fourth-order valence-electron chi connectivity index (χ4n) is 3.08. The van der Waals surface area contributed by atoms with E-state index in [1.54, 1.807) is 7.11 Å². The highest BCUT2D eigenvalue weighted by Gasteiger charge is 2.24. The number of hydrogen-bond donors (Lipinski definition) is 0. The van der Waals surface area contributed by atoms with E-state index in [0.29, 0.717) is 0 Å². The van der Waals surface area contributed by atoms with Crippen LogP contribution in [0.5, 0.6) is 5.75 Å². The van der Waals surface area contributed by atoms with Crippen molar-refractivity contribution in [1.82, 2.24) is 4.98 Å². The van der Waals surface area contributed by atoms with Crippen molar-refractivity contribution >= 4 is 16.6 Å². The molecule has 3 rings (SSSR count). The molecule has 0 saturated carbocycles. The molecule has 0 N–H and O–H groups in total. The molecule has 2 aromatic rings. The van der Waals surface area contributed by atoms with E-state index in [4.69, 9.17) is 9.47 Å². The summed E-state index contributed by atoms with van der Waals surface area (Å²) in [4.78, 5) is 7.04. The second kappa shape index (κ2) is 5.53. The number of nitrogens with zero attached hydrogens (tertiary/aromatic N) is 2. The number of pyridine rings is 1. The third-order valence-corrected chi connectivity index (χ3v) is 3.88. The molecule has 1 aliphatic rings. The fourth-order valence-corrected chi connectivity index (χ4v) is 3.08. The summed E-state index contributed by atoms with van der Waals surface area (Å²) in [6.45, 7) is 8.11. The zero-order valence-electron chi connectivity index (χ0n) is 13.1. The van der Waals surface area contributed by atoms with Gasteiger partial charge in [0.1, 0.15) is 5.75 Å². The van der Waals surface area contributed by atoms with Crippen LogP contribution in [0, 0.1) is 6.92 Å². The average Bonchev–Trinajstić information content (AvgIpc) is 2.44. The van der Waals surface area contributed by atoms with Gasteiger partial charge in [0, 0.05) is 35.9 Å². The number of anilines is 1. The van der Waals surface area contributed by atoms with Crippen molar-refractivity contribution in [2.24, 2.45) is 0 Å². The van der Waals surface area contributed by atoms with Crippen LogP contribution >= 0.6 is 0 Å². The Bertz CT molecular complexity index is 647. The van der Waals surface area contributed by atoms with E-state index >= 15 is 0 Å². The number of benzene rings is 1. The van der Waals surface area contributed by atoms with Gasteiger partial charge in [-0.15, -0.1) is 0 Å². The molecule has 21 heavy (non-hydrogen) atoms. The molecule has 4 heteroatoms. The average molecular weight is 286 g/mol. The number of methoxy groups -OCH3 is 1. The van der Waals surface area contributed by atoms with Crippen LogP contribution in [0.1, 0.15) is 19.5 Å². The standard InChI is InChI=1S/C17H22N2O2/c1-11-7-17(19-9-12(2)21-13(3)10-19)15-6-5-14(20-4)8-16(15)18-11/h5-8,12-13H,9-10H2,1-4H3. The molecule has 0 radical (unpaired) electrons. The first-order chi connectivity index (χ1) is 10.1. The van der Waals surface area contributed by atoms with Gasteiger partial charge in [0.25, 0.3) is 0 Å². The van der Waals surface area contributed by atoms with Crippen LogP contribution in [0.25, 0.3) is 10.9 Å². The minimum Gasteiger partial charge on any atom is -0.497 e. The lowest BCUT2D eigenvalue weighted by Gasteiger charge is -2.37. The number of fused-ring (bicyclic) bond motifs is 1. The Morgan fingerprint density at radius 3 is 2.57 bits per heavy atom. The van der Waals surface area contributed by atoms with Gasteiger partial charge in [-0.2, -0.15) is 0 Å². The van der Waals surface area contributed by atoms with Crippen molar-refractivity contribution in [2.45, 2.75) is 33.0 Å². The van der Waals surface area contributed by atoms with Crippen molar-refractivity contribution in [3.05, 3.63) is 30.0 Å². The van der Waals surface area contributed by atoms with Gasteiger partial charge < -0.3 is 14.4 Å². The van der Waals surface area contributed by atoms with Gasteiger partial charge in [-0.3, -0.25) is 4.98 Å². The predicted molar refractivity (Wildman–Crippen MR) is 85.3 cm³/mol. The second-order valence-electron chi connectivity index (χ2n) is 5.83. The Hall–Kier alpha value is -1.81. The lowest BCUT2D eigenvalue weighted by Crippen LogP contribution is -2.45. The summed E-state index contributed by atoms with van der Waals surface area (Å²) < 4.78 is 11.1. The fraction of sp³-hybridized carbons (Fsp3) is 0.471. The van der Waals surface area contributed by atoms with Crippen molar-refractivity contribution < 1.29 is 9.47 Å². The second-order valence-corrected chi connectivity index (χ2v) is 5.83. The van der Waals surface area contributed by atoms with E-state index < -0.39 is 0 Å². The SMILES string of the molecule is COc1ccc2c(N3CC(C)OC(C)C3)cc(C)nc2c1. The van der Waals surface area contributed by atoms with E-state index in [1.165, 1.54) is 11.1 Å². The summed E-state index contributed by atoms with van der Waals surface area (Å²) in [6, 6.07) is 8.26. The molecular weight excluding hydrogens is 264 g/mol. The molecule has 2 atom stereocenters. The number of ether oxygens (including phenoxy) is 2. The van der Waals surface area contributed by atoms with Crippen molar-refractivity contribution in [2.75, 3.05) is 25.1 Å². The minimum atomic E-state index is 0.246. The number of aromatic nitrogens is 1. The molecule has 1 fully saturated rings. The van der Waals surface area contributed by atoms with Crippen LogP contribution in [0.2, 0.25) is 0 Å².